The standard InChI is InChI=1S/C13H15NO/c1-2-15-13-10-6-7-11-14(13)12-8-4-3-5-9-12/h3-5,7-11H,2,6H2,1H3. The smallest absolute Gasteiger partial charge is 0.194 e. The zero-order chi connectivity index (χ0) is 10.5. The Hall–Kier alpha value is -1.70. The molecule has 0 saturated heterocycles. The van der Waals surface area contributed by atoms with Gasteiger partial charge in [0.05, 0.1) is 6.61 Å². The molecule has 2 nitrogen and oxygen atoms in total. The summed E-state index contributed by atoms with van der Waals surface area (Å²) in [4.78, 5) is 2.06. The average molecular weight is 201 g/mol. The number of benzene rings is 1. The molecule has 0 amide bonds. The normalized spacial score (nSPS) is 15.0. The van der Waals surface area contributed by atoms with E-state index in [4.69, 9.17) is 4.74 Å². The maximum Gasteiger partial charge on any atom is 0.194 e. The van der Waals surface area contributed by atoms with Crippen molar-refractivity contribution in [2.45, 2.75) is 13.3 Å². The molecule has 0 fully saturated rings. The second-order valence-corrected chi connectivity index (χ2v) is 3.30. The van der Waals surface area contributed by atoms with Crippen LogP contribution < -0.4 is 4.90 Å². The fraction of sp³-hybridized carbons (Fsp3) is 0.231. The van der Waals surface area contributed by atoms with Crippen LogP contribution in [-0.2, 0) is 4.74 Å². The molecule has 0 saturated carbocycles. The predicted octanol–water partition coefficient (Wildman–Crippen LogP) is 3.29. The molecule has 1 aliphatic rings. The third kappa shape index (κ3) is 2.21. The van der Waals surface area contributed by atoms with E-state index in [0.717, 1.165) is 18.0 Å². The summed E-state index contributed by atoms with van der Waals surface area (Å²) in [7, 11) is 0. The topological polar surface area (TPSA) is 12.5 Å². The third-order valence-electron chi connectivity index (χ3n) is 2.25. The van der Waals surface area contributed by atoms with Gasteiger partial charge in [-0.05, 0) is 31.6 Å². The molecule has 1 aromatic rings. The molecule has 0 radical (unpaired) electrons. The fourth-order valence-corrected chi connectivity index (χ4v) is 1.59. The Morgan fingerprint density at radius 2 is 2.07 bits per heavy atom. The van der Waals surface area contributed by atoms with Crippen molar-refractivity contribution in [3.63, 3.8) is 0 Å². The Balaban J connectivity index is 2.23. The second kappa shape index (κ2) is 4.69. The van der Waals surface area contributed by atoms with E-state index in [1.807, 2.05) is 25.1 Å². The minimum Gasteiger partial charge on any atom is -0.479 e. The van der Waals surface area contributed by atoms with Gasteiger partial charge in [-0.25, -0.2) is 0 Å². The van der Waals surface area contributed by atoms with Gasteiger partial charge in [-0.15, -0.1) is 0 Å². The Bertz CT molecular complexity index is 367. The van der Waals surface area contributed by atoms with Crippen LogP contribution in [0.5, 0.6) is 0 Å². The summed E-state index contributed by atoms with van der Waals surface area (Å²) in [5.74, 6) is 0.922. The minimum atomic E-state index is 0.697. The lowest BCUT2D eigenvalue weighted by molar-refractivity contribution is 0.223. The predicted molar refractivity (Wildman–Crippen MR) is 62.4 cm³/mol. The highest BCUT2D eigenvalue weighted by molar-refractivity contribution is 5.54. The minimum absolute atomic E-state index is 0.697. The van der Waals surface area contributed by atoms with Crippen molar-refractivity contribution in [3.05, 3.63) is 54.6 Å². The van der Waals surface area contributed by atoms with Crippen molar-refractivity contribution in [1.29, 1.82) is 0 Å². The van der Waals surface area contributed by atoms with Gasteiger partial charge in [0.2, 0.25) is 0 Å². The van der Waals surface area contributed by atoms with Crippen molar-refractivity contribution in [2.75, 3.05) is 11.5 Å². The van der Waals surface area contributed by atoms with Gasteiger partial charge in [-0.1, -0.05) is 24.3 Å². The Kier molecular flexibility index (Phi) is 3.08. The maximum atomic E-state index is 5.59. The van der Waals surface area contributed by atoms with E-state index >= 15 is 0 Å². The van der Waals surface area contributed by atoms with Crippen LogP contribution in [0.15, 0.2) is 54.6 Å². The summed E-state index contributed by atoms with van der Waals surface area (Å²) in [6, 6.07) is 10.2. The van der Waals surface area contributed by atoms with E-state index in [9.17, 15) is 0 Å². The highest BCUT2D eigenvalue weighted by atomic mass is 16.5. The van der Waals surface area contributed by atoms with Crippen LogP contribution in [-0.4, -0.2) is 6.61 Å². The van der Waals surface area contributed by atoms with Gasteiger partial charge >= 0.3 is 0 Å². The molecule has 2 heteroatoms. The average Bonchev–Trinajstić information content (AvgIpc) is 2.31. The van der Waals surface area contributed by atoms with E-state index in [1.54, 1.807) is 0 Å². The molecule has 1 heterocycles. The number of anilines is 1. The van der Waals surface area contributed by atoms with Crippen LogP contribution in [0, 0.1) is 0 Å². The van der Waals surface area contributed by atoms with E-state index in [-0.39, 0.29) is 0 Å². The SMILES string of the molecule is CCOC1=CCC=CN1c1ccccc1. The van der Waals surface area contributed by atoms with Gasteiger partial charge in [-0.2, -0.15) is 0 Å². The summed E-state index contributed by atoms with van der Waals surface area (Å²) < 4.78 is 5.59. The molecule has 0 N–H and O–H groups in total. The first-order valence-corrected chi connectivity index (χ1v) is 5.25. The highest BCUT2D eigenvalue weighted by Crippen LogP contribution is 2.23. The number of para-hydroxylation sites is 1. The molecule has 2 rings (SSSR count). The van der Waals surface area contributed by atoms with Crippen LogP contribution >= 0.6 is 0 Å². The van der Waals surface area contributed by atoms with Crippen LogP contribution in [0.3, 0.4) is 0 Å². The van der Waals surface area contributed by atoms with E-state index < -0.39 is 0 Å². The third-order valence-corrected chi connectivity index (χ3v) is 2.25. The number of hydrogen-bond donors (Lipinski definition) is 0. The van der Waals surface area contributed by atoms with Gasteiger partial charge in [0.1, 0.15) is 0 Å². The summed E-state index contributed by atoms with van der Waals surface area (Å²) in [6.45, 7) is 2.70. The molecular weight excluding hydrogens is 186 g/mol. The zero-order valence-corrected chi connectivity index (χ0v) is 8.89. The molecule has 0 unspecified atom stereocenters. The largest absolute Gasteiger partial charge is 0.479 e. The number of allylic oxidation sites excluding steroid dienone is 2. The molecule has 0 spiro atoms. The Morgan fingerprint density at radius 1 is 1.27 bits per heavy atom. The van der Waals surface area contributed by atoms with Gasteiger partial charge in [0, 0.05) is 11.9 Å². The first-order chi connectivity index (χ1) is 7.42. The monoisotopic (exact) mass is 201 g/mol. The van der Waals surface area contributed by atoms with Gasteiger partial charge < -0.3 is 4.74 Å². The molecule has 1 aromatic carbocycles. The van der Waals surface area contributed by atoms with Crippen LogP contribution in [0.4, 0.5) is 5.69 Å². The number of hydrogen-bond acceptors (Lipinski definition) is 2. The van der Waals surface area contributed by atoms with Gasteiger partial charge in [0.15, 0.2) is 5.88 Å². The number of nitrogens with zero attached hydrogens (tertiary/aromatic N) is 1. The zero-order valence-electron chi connectivity index (χ0n) is 8.89. The van der Waals surface area contributed by atoms with Crippen molar-refractivity contribution in [1.82, 2.24) is 0 Å². The van der Waals surface area contributed by atoms with Crippen LogP contribution in [0.25, 0.3) is 0 Å². The summed E-state index contributed by atoms with van der Waals surface area (Å²) >= 11 is 0. The summed E-state index contributed by atoms with van der Waals surface area (Å²) in [6.07, 6.45) is 7.21. The lowest BCUT2D eigenvalue weighted by atomic mass is 10.2. The molecule has 1 aliphatic heterocycles. The Morgan fingerprint density at radius 3 is 2.80 bits per heavy atom. The van der Waals surface area contributed by atoms with Crippen LogP contribution in [0.1, 0.15) is 13.3 Å². The number of ether oxygens (including phenoxy) is 1. The van der Waals surface area contributed by atoms with Crippen molar-refractivity contribution < 1.29 is 4.74 Å². The van der Waals surface area contributed by atoms with Gasteiger partial charge in [0.25, 0.3) is 0 Å². The fourth-order valence-electron chi connectivity index (χ4n) is 1.59. The maximum absolute atomic E-state index is 5.59. The van der Waals surface area contributed by atoms with Crippen molar-refractivity contribution in [3.8, 4) is 0 Å². The van der Waals surface area contributed by atoms with Crippen molar-refractivity contribution >= 4 is 5.69 Å². The number of rotatable bonds is 3. The van der Waals surface area contributed by atoms with E-state index in [2.05, 4.69) is 35.4 Å². The van der Waals surface area contributed by atoms with E-state index in [0.29, 0.717) is 6.61 Å². The lowest BCUT2D eigenvalue weighted by Gasteiger charge is -2.25. The summed E-state index contributed by atoms with van der Waals surface area (Å²) in [5, 5.41) is 0. The van der Waals surface area contributed by atoms with Gasteiger partial charge in [-0.3, -0.25) is 4.90 Å². The van der Waals surface area contributed by atoms with Crippen LogP contribution in [0.2, 0.25) is 0 Å². The lowest BCUT2D eigenvalue weighted by Crippen LogP contribution is -2.19. The molecule has 15 heavy (non-hydrogen) atoms. The molecule has 0 bridgehead atoms. The molecular formula is C13H15NO. The molecule has 78 valence electrons. The first kappa shape index (κ1) is 9.84. The summed E-state index contributed by atoms with van der Waals surface area (Å²) in [5.41, 5.74) is 1.13. The van der Waals surface area contributed by atoms with E-state index in [1.165, 1.54) is 0 Å². The van der Waals surface area contributed by atoms with Crippen molar-refractivity contribution in [2.24, 2.45) is 0 Å². The molecule has 0 aromatic heterocycles. The molecule has 0 aliphatic carbocycles. The highest BCUT2D eigenvalue weighted by Gasteiger charge is 2.11. The second-order valence-electron chi connectivity index (χ2n) is 3.30. The molecule has 0 atom stereocenters. The quantitative estimate of drug-likeness (QED) is 0.744. The Labute approximate surface area is 90.5 Å². The first-order valence-electron chi connectivity index (χ1n) is 5.25.